The monoisotopic (exact) mass is 136 g/mol. The molecule has 0 amide bonds. The van der Waals surface area contributed by atoms with Gasteiger partial charge in [-0.1, -0.05) is 0 Å². The van der Waals surface area contributed by atoms with Crippen molar-refractivity contribution in [3.05, 3.63) is 0 Å². The molecule has 0 atom stereocenters. The summed E-state index contributed by atoms with van der Waals surface area (Å²) < 4.78 is 48.8. The Morgan fingerprint density at radius 1 is 1.00 bits per heavy atom. The maximum atomic E-state index is 7.27. The predicted octanol–water partition coefficient (Wildman–Crippen LogP) is 2.60. The van der Waals surface area contributed by atoms with Crippen LogP contribution in [-0.4, -0.2) is 11.2 Å². The Kier molecular flexibility index (Phi) is 0.743. The van der Waals surface area contributed by atoms with Gasteiger partial charge in [-0.15, -0.1) is 0 Å². The minimum Gasteiger partial charge on any atom is -0.370 e. The molecular formula is C8H18O. The third-order valence-corrected chi connectivity index (χ3v) is 0.510. The van der Waals surface area contributed by atoms with E-state index in [2.05, 4.69) is 0 Å². The SMILES string of the molecule is [2H]C([2H])([2H])C(C)(OC(C)(C)C)C([2H])([2H])[2H]. The minimum absolute atomic E-state index is 0.822. The second kappa shape index (κ2) is 2.30. The highest BCUT2D eigenvalue weighted by Gasteiger charge is 2.19. The zero-order chi connectivity index (χ0) is 12.7. The van der Waals surface area contributed by atoms with Crippen LogP contribution >= 0.6 is 0 Å². The van der Waals surface area contributed by atoms with E-state index >= 15 is 0 Å². The zero-order valence-corrected chi connectivity index (χ0v) is 6.41. The molecule has 0 fully saturated rings. The summed E-state index contributed by atoms with van der Waals surface area (Å²) in [4.78, 5) is 0. The van der Waals surface area contributed by atoms with Crippen LogP contribution in [0.1, 0.15) is 49.6 Å². The standard InChI is InChI=1S/C8H18O/c1-7(2,3)9-8(4,5)6/h1-6H3/i1D3,2D3. The average molecular weight is 136 g/mol. The molecule has 56 valence electrons. The summed E-state index contributed by atoms with van der Waals surface area (Å²) in [7, 11) is 0. The number of hydrogen-bond acceptors (Lipinski definition) is 1. The van der Waals surface area contributed by atoms with E-state index in [0.29, 0.717) is 0 Å². The summed E-state index contributed by atoms with van der Waals surface area (Å²) in [6.07, 6.45) is 0. The molecule has 0 N–H and O–H groups in total. The second-order valence-electron chi connectivity index (χ2n) is 3.25. The summed E-state index contributed by atoms with van der Waals surface area (Å²) >= 11 is 0. The smallest absolute Gasteiger partial charge is 0.0605 e. The summed E-state index contributed by atoms with van der Waals surface area (Å²) in [6, 6.07) is 0. The first-order chi connectivity index (χ1) is 6.21. The highest BCUT2D eigenvalue weighted by Crippen LogP contribution is 2.17. The molecule has 0 rings (SSSR count). The second-order valence-corrected chi connectivity index (χ2v) is 3.25. The Bertz CT molecular complexity index is 207. The quantitative estimate of drug-likeness (QED) is 0.497. The van der Waals surface area contributed by atoms with Gasteiger partial charge in [0.05, 0.1) is 11.2 Å². The molecule has 1 nitrogen and oxygen atoms in total. The van der Waals surface area contributed by atoms with Crippen molar-refractivity contribution in [2.45, 2.75) is 52.6 Å². The lowest BCUT2D eigenvalue weighted by molar-refractivity contribution is -0.102. The van der Waals surface area contributed by atoms with E-state index in [0.717, 1.165) is 6.92 Å². The van der Waals surface area contributed by atoms with Crippen molar-refractivity contribution in [1.82, 2.24) is 0 Å². The summed E-state index contributed by atoms with van der Waals surface area (Å²) in [5, 5.41) is 0. The first-order valence-corrected chi connectivity index (χ1v) is 2.91. The summed E-state index contributed by atoms with van der Waals surface area (Å²) in [5.41, 5.74) is -2.96. The van der Waals surface area contributed by atoms with Gasteiger partial charge >= 0.3 is 0 Å². The first-order valence-electron chi connectivity index (χ1n) is 5.91. The van der Waals surface area contributed by atoms with E-state index in [4.69, 9.17) is 13.0 Å². The fraction of sp³-hybridized carbons (Fsp3) is 1.00. The molecule has 0 radical (unpaired) electrons. The Morgan fingerprint density at radius 3 is 1.56 bits per heavy atom. The van der Waals surface area contributed by atoms with Gasteiger partial charge in [0, 0.05) is 8.22 Å². The Hall–Kier alpha value is -0.0400. The van der Waals surface area contributed by atoms with Crippen LogP contribution in [-0.2, 0) is 4.74 Å². The molecule has 0 heterocycles. The van der Waals surface area contributed by atoms with Crippen LogP contribution in [0, 0.1) is 0 Å². The molecule has 0 spiro atoms. The topological polar surface area (TPSA) is 9.23 Å². The molecule has 0 aliphatic carbocycles. The van der Waals surface area contributed by atoms with Crippen LogP contribution in [0.3, 0.4) is 0 Å². The molecule has 0 aliphatic rings. The molecule has 9 heavy (non-hydrogen) atoms. The number of ether oxygens (including phenoxy) is 1. The normalized spacial score (nSPS) is 26.7. The van der Waals surface area contributed by atoms with Crippen LogP contribution in [0.25, 0.3) is 0 Å². The van der Waals surface area contributed by atoms with E-state index < -0.39 is 24.9 Å². The molecule has 0 bridgehead atoms. The lowest BCUT2D eigenvalue weighted by Crippen LogP contribution is -2.31. The van der Waals surface area contributed by atoms with Crippen molar-refractivity contribution in [2.24, 2.45) is 0 Å². The molecule has 1 heteroatoms. The van der Waals surface area contributed by atoms with E-state index in [1.165, 1.54) is 0 Å². The third-order valence-electron chi connectivity index (χ3n) is 0.510. The van der Waals surface area contributed by atoms with E-state index in [1.807, 2.05) is 0 Å². The van der Waals surface area contributed by atoms with Gasteiger partial charge in [0.2, 0.25) is 0 Å². The Balaban J connectivity index is 5.26. The lowest BCUT2D eigenvalue weighted by Gasteiger charge is -2.30. The van der Waals surface area contributed by atoms with E-state index in [9.17, 15) is 0 Å². The summed E-state index contributed by atoms with van der Waals surface area (Å²) in [5.74, 6) is 0. The van der Waals surface area contributed by atoms with Crippen LogP contribution in [0.5, 0.6) is 0 Å². The van der Waals surface area contributed by atoms with Crippen molar-refractivity contribution < 1.29 is 13.0 Å². The van der Waals surface area contributed by atoms with Gasteiger partial charge in [-0.25, -0.2) is 0 Å². The van der Waals surface area contributed by atoms with Crippen molar-refractivity contribution in [2.75, 3.05) is 0 Å². The average Bonchev–Trinajstić information content (AvgIpc) is 1.77. The van der Waals surface area contributed by atoms with Crippen LogP contribution in [0.15, 0.2) is 0 Å². The highest BCUT2D eigenvalue weighted by atomic mass is 16.5. The highest BCUT2D eigenvalue weighted by molar-refractivity contribution is 4.68. The number of hydrogen-bond donors (Lipinski definition) is 0. The largest absolute Gasteiger partial charge is 0.370 e. The minimum atomic E-state index is -2.69. The van der Waals surface area contributed by atoms with Crippen molar-refractivity contribution in [3.63, 3.8) is 0 Å². The molecular weight excluding hydrogens is 112 g/mol. The molecule has 0 unspecified atom stereocenters. The van der Waals surface area contributed by atoms with E-state index in [-0.39, 0.29) is 0 Å². The molecule has 0 saturated heterocycles. The fourth-order valence-electron chi connectivity index (χ4n) is 0.612. The van der Waals surface area contributed by atoms with Crippen LogP contribution in [0.2, 0.25) is 0 Å². The molecule has 0 aromatic heterocycles. The van der Waals surface area contributed by atoms with Crippen molar-refractivity contribution in [3.8, 4) is 0 Å². The van der Waals surface area contributed by atoms with Gasteiger partial charge in [-0.2, -0.15) is 0 Å². The van der Waals surface area contributed by atoms with E-state index in [1.54, 1.807) is 20.8 Å². The van der Waals surface area contributed by atoms with Crippen LogP contribution < -0.4 is 0 Å². The zero-order valence-electron chi connectivity index (χ0n) is 12.4. The third kappa shape index (κ3) is 7.96. The van der Waals surface area contributed by atoms with Gasteiger partial charge in [0.1, 0.15) is 0 Å². The molecule has 0 aromatic carbocycles. The van der Waals surface area contributed by atoms with Gasteiger partial charge in [-0.3, -0.25) is 0 Å². The van der Waals surface area contributed by atoms with Gasteiger partial charge in [-0.05, 0) is 41.4 Å². The van der Waals surface area contributed by atoms with Crippen molar-refractivity contribution in [1.29, 1.82) is 0 Å². The van der Waals surface area contributed by atoms with Gasteiger partial charge in [0.15, 0.2) is 0 Å². The molecule has 0 aliphatic heterocycles. The lowest BCUT2D eigenvalue weighted by atomic mass is 10.1. The molecule has 0 saturated carbocycles. The van der Waals surface area contributed by atoms with Crippen molar-refractivity contribution >= 4 is 0 Å². The Labute approximate surface area is 66.8 Å². The summed E-state index contributed by atoms with van der Waals surface area (Å²) in [6.45, 7) is 0.615. The van der Waals surface area contributed by atoms with Gasteiger partial charge < -0.3 is 4.74 Å². The van der Waals surface area contributed by atoms with Gasteiger partial charge in [0.25, 0.3) is 0 Å². The number of rotatable bonds is 0. The first kappa shape index (κ1) is 2.91. The predicted molar refractivity (Wildman–Crippen MR) is 40.6 cm³/mol. The maximum Gasteiger partial charge on any atom is 0.0605 e. The Morgan fingerprint density at radius 2 is 1.44 bits per heavy atom. The molecule has 0 aromatic rings. The fourth-order valence-corrected chi connectivity index (χ4v) is 0.612. The van der Waals surface area contributed by atoms with Crippen LogP contribution in [0.4, 0.5) is 0 Å². The maximum absolute atomic E-state index is 7.27.